The van der Waals surface area contributed by atoms with Crippen LogP contribution in [0.25, 0.3) is 93.6 Å². The zero-order chi connectivity index (χ0) is 35.0. The third-order valence-corrected chi connectivity index (χ3v) is 10.9. The van der Waals surface area contributed by atoms with Gasteiger partial charge in [-0.15, -0.1) is 0 Å². The van der Waals surface area contributed by atoms with Crippen LogP contribution in [0.4, 0.5) is 0 Å². The summed E-state index contributed by atoms with van der Waals surface area (Å²) in [5.74, 6) is 0. The van der Waals surface area contributed by atoms with E-state index in [1.54, 1.807) is 0 Å². The van der Waals surface area contributed by atoms with Crippen LogP contribution in [0.5, 0.6) is 0 Å². The predicted molar refractivity (Wildman–Crippen MR) is 220 cm³/mol. The molecular formula is C49H30N4. The lowest BCUT2D eigenvalue weighted by atomic mass is 10.0. The van der Waals surface area contributed by atoms with Gasteiger partial charge in [0.1, 0.15) is 0 Å². The van der Waals surface area contributed by atoms with Gasteiger partial charge in [-0.05, 0) is 72.8 Å². The average Bonchev–Trinajstić information content (AvgIpc) is 3.86. The van der Waals surface area contributed by atoms with Gasteiger partial charge in [-0.2, -0.15) is 5.26 Å². The maximum absolute atomic E-state index is 9.74. The summed E-state index contributed by atoms with van der Waals surface area (Å²) < 4.78 is 7.17. The Bertz CT molecular complexity index is 3260. The lowest BCUT2D eigenvalue weighted by Gasteiger charge is -2.18. The molecule has 0 unspecified atom stereocenters. The number of aromatic nitrogens is 3. The predicted octanol–water partition coefficient (Wildman–Crippen LogP) is 12.5. The summed E-state index contributed by atoms with van der Waals surface area (Å²) in [7, 11) is 0. The Hall–Kier alpha value is -7.35. The summed E-state index contributed by atoms with van der Waals surface area (Å²) in [5.41, 5.74) is 13.2. The van der Waals surface area contributed by atoms with E-state index in [1.807, 2.05) is 12.1 Å². The quantitative estimate of drug-likeness (QED) is 0.183. The summed E-state index contributed by atoms with van der Waals surface area (Å²) in [5, 5.41) is 16.9. The van der Waals surface area contributed by atoms with E-state index in [0.717, 1.165) is 61.0 Å². The fraction of sp³-hybridized carbons (Fsp3) is 0. The third kappa shape index (κ3) is 4.22. The molecule has 4 heteroatoms. The second-order valence-electron chi connectivity index (χ2n) is 13.7. The van der Waals surface area contributed by atoms with Gasteiger partial charge in [0.25, 0.3) is 0 Å². The van der Waals surface area contributed by atoms with Crippen molar-refractivity contribution in [2.75, 3.05) is 0 Å². The number of fused-ring (bicyclic) bond motifs is 9. The van der Waals surface area contributed by atoms with Gasteiger partial charge < -0.3 is 13.7 Å². The summed E-state index contributed by atoms with van der Waals surface area (Å²) in [4.78, 5) is 0. The van der Waals surface area contributed by atoms with E-state index >= 15 is 0 Å². The molecule has 0 aliphatic rings. The van der Waals surface area contributed by atoms with Gasteiger partial charge in [-0.1, -0.05) is 109 Å². The summed E-state index contributed by atoms with van der Waals surface area (Å²) >= 11 is 0. The van der Waals surface area contributed by atoms with Crippen molar-refractivity contribution in [2.24, 2.45) is 0 Å². The lowest BCUT2D eigenvalue weighted by molar-refractivity contribution is 1.15. The van der Waals surface area contributed by atoms with Crippen LogP contribution in [0.15, 0.2) is 182 Å². The number of hydrogen-bond acceptors (Lipinski definition) is 1. The van der Waals surface area contributed by atoms with Crippen LogP contribution in [0, 0.1) is 11.3 Å². The van der Waals surface area contributed by atoms with Gasteiger partial charge in [0.2, 0.25) is 0 Å². The number of nitrogens with zero attached hydrogens (tertiary/aromatic N) is 4. The van der Waals surface area contributed by atoms with Gasteiger partial charge in [0.05, 0.1) is 56.1 Å². The summed E-state index contributed by atoms with van der Waals surface area (Å²) in [6, 6.07) is 67.3. The smallest absolute Gasteiger partial charge is 0.0991 e. The Kier molecular flexibility index (Phi) is 6.28. The molecule has 0 saturated heterocycles. The first-order valence-electron chi connectivity index (χ1n) is 17.9. The molecule has 0 amide bonds. The minimum Gasteiger partial charge on any atom is -0.309 e. The molecule has 8 aromatic carbocycles. The van der Waals surface area contributed by atoms with E-state index in [1.165, 1.54) is 32.6 Å². The van der Waals surface area contributed by atoms with Crippen molar-refractivity contribution in [2.45, 2.75) is 0 Å². The standard InChI is InChI=1S/C49H30N4/c50-31-32-25-27-48-40(29-32)38-17-5-11-23-46(38)52(48)44-21-9-3-15-36(44)37-16-4-10-22-45(37)53-47-24-12-6-18-39(47)41-30-33(26-28-49(41)53)51-42-19-7-1-13-34(42)35-14-2-8-20-43(35)51/h1-30H. The van der Waals surface area contributed by atoms with Crippen molar-refractivity contribution in [1.29, 1.82) is 5.26 Å². The molecule has 0 aliphatic heterocycles. The van der Waals surface area contributed by atoms with Crippen molar-refractivity contribution in [3.63, 3.8) is 0 Å². The van der Waals surface area contributed by atoms with Gasteiger partial charge in [0.15, 0.2) is 0 Å². The third-order valence-electron chi connectivity index (χ3n) is 10.9. The minimum atomic E-state index is 0.659. The summed E-state index contributed by atoms with van der Waals surface area (Å²) in [6.45, 7) is 0. The number of benzene rings is 8. The zero-order valence-electron chi connectivity index (χ0n) is 28.6. The first kappa shape index (κ1) is 29.4. The molecule has 3 aromatic heterocycles. The second-order valence-corrected chi connectivity index (χ2v) is 13.7. The molecule has 0 saturated carbocycles. The van der Waals surface area contributed by atoms with Gasteiger partial charge in [0, 0.05) is 49.1 Å². The summed E-state index contributed by atoms with van der Waals surface area (Å²) in [6.07, 6.45) is 0. The van der Waals surface area contributed by atoms with Crippen molar-refractivity contribution in [3.8, 4) is 34.3 Å². The molecule has 0 N–H and O–H groups in total. The monoisotopic (exact) mass is 674 g/mol. The van der Waals surface area contributed by atoms with E-state index in [9.17, 15) is 5.26 Å². The van der Waals surface area contributed by atoms with Crippen LogP contribution < -0.4 is 0 Å². The molecule has 11 rings (SSSR count). The highest BCUT2D eigenvalue weighted by atomic mass is 15.0. The molecule has 246 valence electrons. The molecule has 53 heavy (non-hydrogen) atoms. The van der Waals surface area contributed by atoms with Crippen molar-refractivity contribution in [3.05, 3.63) is 188 Å². The maximum Gasteiger partial charge on any atom is 0.0991 e. The molecule has 0 fully saturated rings. The van der Waals surface area contributed by atoms with Crippen LogP contribution >= 0.6 is 0 Å². The highest BCUT2D eigenvalue weighted by molar-refractivity contribution is 6.13. The minimum absolute atomic E-state index is 0.659. The fourth-order valence-electron chi connectivity index (χ4n) is 8.65. The first-order valence-corrected chi connectivity index (χ1v) is 17.9. The lowest BCUT2D eigenvalue weighted by Crippen LogP contribution is -2.01. The normalized spacial score (nSPS) is 11.8. The highest BCUT2D eigenvalue weighted by Crippen LogP contribution is 2.42. The second kappa shape index (κ2) is 11.3. The molecule has 0 radical (unpaired) electrons. The van der Waals surface area contributed by atoms with Crippen LogP contribution in [0.3, 0.4) is 0 Å². The molecule has 11 aromatic rings. The zero-order valence-corrected chi connectivity index (χ0v) is 28.6. The number of nitriles is 1. The number of hydrogen-bond donors (Lipinski definition) is 0. The Morgan fingerprint density at radius 1 is 0.321 bits per heavy atom. The first-order chi connectivity index (χ1) is 26.3. The van der Waals surface area contributed by atoms with Crippen molar-refractivity contribution < 1.29 is 0 Å². The molecule has 3 heterocycles. The molecule has 4 nitrogen and oxygen atoms in total. The average molecular weight is 675 g/mol. The van der Waals surface area contributed by atoms with E-state index in [0.29, 0.717) is 5.56 Å². The number of rotatable bonds is 4. The molecule has 0 spiro atoms. The van der Waals surface area contributed by atoms with Crippen LogP contribution in [-0.2, 0) is 0 Å². The maximum atomic E-state index is 9.74. The van der Waals surface area contributed by atoms with Gasteiger partial charge in [-0.3, -0.25) is 0 Å². The van der Waals surface area contributed by atoms with E-state index in [-0.39, 0.29) is 0 Å². The molecular weight excluding hydrogens is 645 g/mol. The topological polar surface area (TPSA) is 38.6 Å². The molecule has 0 aliphatic carbocycles. The van der Waals surface area contributed by atoms with Crippen LogP contribution in [-0.4, -0.2) is 13.7 Å². The van der Waals surface area contributed by atoms with E-state index in [4.69, 9.17) is 0 Å². The fourth-order valence-corrected chi connectivity index (χ4v) is 8.65. The van der Waals surface area contributed by atoms with Gasteiger partial charge in [-0.25, -0.2) is 0 Å². The van der Waals surface area contributed by atoms with Crippen LogP contribution in [0.2, 0.25) is 0 Å². The van der Waals surface area contributed by atoms with E-state index < -0.39 is 0 Å². The Morgan fingerprint density at radius 3 is 1.21 bits per heavy atom. The molecule has 0 bridgehead atoms. The highest BCUT2D eigenvalue weighted by Gasteiger charge is 2.21. The van der Waals surface area contributed by atoms with Crippen molar-refractivity contribution >= 4 is 65.4 Å². The largest absolute Gasteiger partial charge is 0.309 e. The van der Waals surface area contributed by atoms with E-state index in [2.05, 4.69) is 190 Å². The van der Waals surface area contributed by atoms with Crippen molar-refractivity contribution in [1.82, 2.24) is 13.7 Å². The molecule has 0 atom stereocenters. The van der Waals surface area contributed by atoms with Crippen LogP contribution in [0.1, 0.15) is 5.56 Å². The SMILES string of the molecule is N#Cc1ccc2c(c1)c1ccccc1n2-c1ccccc1-c1ccccc1-n1c2ccccc2c2cc(-n3c4ccccc4c4ccccc43)ccc21. The van der Waals surface area contributed by atoms with Gasteiger partial charge >= 0.3 is 0 Å². The number of para-hydroxylation sites is 6. The Labute approximate surface area is 305 Å². The Balaban J connectivity index is 1.16. The Morgan fingerprint density at radius 2 is 0.698 bits per heavy atom.